The Labute approximate surface area is 57.0 Å². The van der Waals surface area contributed by atoms with Gasteiger partial charge < -0.3 is 6.15 Å². The predicted molar refractivity (Wildman–Crippen MR) is 39.8 cm³/mol. The molecular weight excluding hydrogens is 122 g/mol. The van der Waals surface area contributed by atoms with Crippen LogP contribution in [0.1, 0.15) is 26.7 Å². The Kier molecular flexibility index (Phi) is 10.1. The van der Waals surface area contributed by atoms with Gasteiger partial charge in [0.15, 0.2) is 0 Å². The number of rotatable bonds is 3. The summed E-state index contributed by atoms with van der Waals surface area (Å²) in [6.45, 7) is 4.36. The van der Waals surface area contributed by atoms with Gasteiger partial charge >= 0.3 is 0 Å². The molecule has 1 nitrogen and oxygen atoms in total. The highest BCUT2D eigenvalue weighted by atomic mass is 35.5. The second-order valence-corrected chi connectivity index (χ2v) is 2.36. The van der Waals surface area contributed by atoms with E-state index in [0.29, 0.717) is 5.92 Å². The van der Waals surface area contributed by atoms with Crippen molar-refractivity contribution in [3.63, 3.8) is 0 Å². The molecule has 0 aliphatic heterocycles. The fraction of sp³-hybridized carbons (Fsp3) is 1.00. The highest BCUT2D eigenvalue weighted by Gasteiger charge is 1.94. The first-order valence-electron chi connectivity index (χ1n) is 2.87. The lowest BCUT2D eigenvalue weighted by molar-refractivity contribution is 0.582. The smallest absolute Gasteiger partial charge is 0.0249 e. The summed E-state index contributed by atoms with van der Waals surface area (Å²) in [4.78, 5) is 0. The fourth-order valence-corrected chi connectivity index (χ4v) is 0.724. The maximum absolute atomic E-state index is 5.53. The molecule has 0 bridgehead atoms. The molecule has 0 rings (SSSR count). The lowest BCUT2D eigenvalue weighted by Gasteiger charge is -2.01. The third-order valence-corrected chi connectivity index (χ3v) is 1.57. The summed E-state index contributed by atoms with van der Waals surface area (Å²) in [7, 11) is 0. The largest absolute Gasteiger partial charge is 0.344 e. The molecule has 2 heteroatoms. The van der Waals surface area contributed by atoms with E-state index in [0.717, 1.165) is 5.88 Å². The minimum Gasteiger partial charge on any atom is -0.344 e. The first kappa shape index (κ1) is 11.1. The number of alkyl halides is 1. The van der Waals surface area contributed by atoms with Gasteiger partial charge in [-0.15, -0.1) is 11.6 Å². The SMILES string of the molecule is CCCC(C)CCl.N. The minimum absolute atomic E-state index is 0. The lowest BCUT2D eigenvalue weighted by atomic mass is 10.1. The van der Waals surface area contributed by atoms with Gasteiger partial charge in [-0.1, -0.05) is 20.3 Å². The first-order chi connectivity index (χ1) is 3.31. The molecule has 0 aromatic heterocycles. The molecule has 0 fully saturated rings. The number of hydrogen-bond donors (Lipinski definition) is 1. The third kappa shape index (κ3) is 6.25. The van der Waals surface area contributed by atoms with Crippen LogP contribution in [0.15, 0.2) is 0 Å². The van der Waals surface area contributed by atoms with Crippen LogP contribution in [0.2, 0.25) is 0 Å². The second kappa shape index (κ2) is 7.25. The highest BCUT2D eigenvalue weighted by Crippen LogP contribution is 2.05. The van der Waals surface area contributed by atoms with Gasteiger partial charge in [0.2, 0.25) is 0 Å². The van der Waals surface area contributed by atoms with Crippen LogP contribution in [0.4, 0.5) is 0 Å². The van der Waals surface area contributed by atoms with Crippen LogP contribution < -0.4 is 6.15 Å². The predicted octanol–water partition coefficient (Wildman–Crippen LogP) is 2.82. The van der Waals surface area contributed by atoms with E-state index in [1.165, 1.54) is 12.8 Å². The summed E-state index contributed by atoms with van der Waals surface area (Å²) in [5.41, 5.74) is 0. The third-order valence-electron chi connectivity index (χ3n) is 1.04. The van der Waals surface area contributed by atoms with E-state index < -0.39 is 0 Å². The zero-order chi connectivity index (χ0) is 5.70. The van der Waals surface area contributed by atoms with Gasteiger partial charge in [-0.2, -0.15) is 0 Å². The zero-order valence-electron chi connectivity index (χ0n) is 5.78. The average Bonchev–Trinajstić information content (AvgIpc) is 1.68. The zero-order valence-corrected chi connectivity index (χ0v) is 6.54. The normalized spacial score (nSPS) is 12.4. The molecule has 0 heterocycles. The van der Waals surface area contributed by atoms with Crippen molar-refractivity contribution in [2.24, 2.45) is 5.92 Å². The van der Waals surface area contributed by atoms with E-state index in [2.05, 4.69) is 13.8 Å². The molecule has 1 atom stereocenters. The van der Waals surface area contributed by atoms with E-state index in [1.54, 1.807) is 0 Å². The molecule has 0 aliphatic carbocycles. The van der Waals surface area contributed by atoms with Crippen LogP contribution in [0, 0.1) is 5.92 Å². The Hall–Kier alpha value is 0.250. The molecule has 0 aromatic rings. The van der Waals surface area contributed by atoms with E-state index in [1.807, 2.05) is 0 Å². The molecule has 0 aliphatic rings. The van der Waals surface area contributed by atoms with Crippen molar-refractivity contribution >= 4 is 11.6 Å². The summed E-state index contributed by atoms with van der Waals surface area (Å²) >= 11 is 5.53. The van der Waals surface area contributed by atoms with E-state index in [-0.39, 0.29) is 6.15 Å². The van der Waals surface area contributed by atoms with Gasteiger partial charge in [0.25, 0.3) is 0 Å². The van der Waals surface area contributed by atoms with Gasteiger partial charge in [0.05, 0.1) is 0 Å². The van der Waals surface area contributed by atoms with Crippen molar-refractivity contribution in [2.45, 2.75) is 26.7 Å². The maximum Gasteiger partial charge on any atom is 0.0249 e. The summed E-state index contributed by atoms with van der Waals surface area (Å²) in [5, 5.41) is 0. The quantitative estimate of drug-likeness (QED) is 0.597. The number of halogens is 1. The summed E-state index contributed by atoms with van der Waals surface area (Å²) < 4.78 is 0. The van der Waals surface area contributed by atoms with Crippen LogP contribution in [-0.4, -0.2) is 5.88 Å². The Morgan fingerprint density at radius 3 is 2.12 bits per heavy atom. The molecule has 0 amide bonds. The monoisotopic (exact) mass is 137 g/mol. The molecule has 8 heavy (non-hydrogen) atoms. The second-order valence-electron chi connectivity index (χ2n) is 2.05. The summed E-state index contributed by atoms with van der Waals surface area (Å²) in [6.07, 6.45) is 2.53. The molecular formula is C6H16ClN. The van der Waals surface area contributed by atoms with Gasteiger partial charge in [0.1, 0.15) is 0 Å². The van der Waals surface area contributed by atoms with E-state index >= 15 is 0 Å². The maximum atomic E-state index is 5.53. The van der Waals surface area contributed by atoms with Crippen molar-refractivity contribution in [3.8, 4) is 0 Å². The van der Waals surface area contributed by atoms with Crippen molar-refractivity contribution in [1.29, 1.82) is 0 Å². The van der Waals surface area contributed by atoms with Crippen LogP contribution in [-0.2, 0) is 0 Å². The molecule has 0 saturated carbocycles. The molecule has 0 aromatic carbocycles. The van der Waals surface area contributed by atoms with Gasteiger partial charge in [-0.25, -0.2) is 0 Å². The summed E-state index contributed by atoms with van der Waals surface area (Å²) in [6, 6.07) is 0. The molecule has 0 spiro atoms. The van der Waals surface area contributed by atoms with Crippen molar-refractivity contribution < 1.29 is 0 Å². The lowest BCUT2D eigenvalue weighted by Crippen LogP contribution is -1.92. The molecule has 1 unspecified atom stereocenters. The van der Waals surface area contributed by atoms with Gasteiger partial charge in [-0.3, -0.25) is 0 Å². The van der Waals surface area contributed by atoms with Gasteiger partial charge in [-0.05, 0) is 12.3 Å². The van der Waals surface area contributed by atoms with Crippen LogP contribution in [0.25, 0.3) is 0 Å². The standard InChI is InChI=1S/C6H13Cl.H3N/c1-3-4-6(2)5-7;/h6H,3-5H2,1-2H3;1H3. The summed E-state index contributed by atoms with van der Waals surface area (Å²) in [5.74, 6) is 1.53. The van der Waals surface area contributed by atoms with E-state index in [4.69, 9.17) is 11.6 Å². The Morgan fingerprint density at radius 1 is 1.50 bits per heavy atom. The minimum atomic E-state index is 0. The molecule has 0 radical (unpaired) electrons. The fourth-order valence-electron chi connectivity index (χ4n) is 0.570. The number of hydrogen-bond acceptors (Lipinski definition) is 1. The first-order valence-corrected chi connectivity index (χ1v) is 3.40. The van der Waals surface area contributed by atoms with Crippen LogP contribution in [0.5, 0.6) is 0 Å². The highest BCUT2D eigenvalue weighted by molar-refractivity contribution is 6.18. The van der Waals surface area contributed by atoms with Gasteiger partial charge in [0, 0.05) is 5.88 Å². The van der Waals surface area contributed by atoms with Crippen molar-refractivity contribution in [3.05, 3.63) is 0 Å². The van der Waals surface area contributed by atoms with Crippen LogP contribution in [0.3, 0.4) is 0 Å². The topological polar surface area (TPSA) is 35.0 Å². The van der Waals surface area contributed by atoms with E-state index in [9.17, 15) is 0 Å². The average molecular weight is 138 g/mol. The Balaban J connectivity index is 0. The molecule has 0 saturated heterocycles. The molecule has 52 valence electrons. The van der Waals surface area contributed by atoms with Crippen LogP contribution >= 0.6 is 11.6 Å². The van der Waals surface area contributed by atoms with Crippen molar-refractivity contribution in [2.75, 3.05) is 5.88 Å². The Bertz CT molecular complexity index is 39.5. The molecule has 3 N–H and O–H groups in total. The Morgan fingerprint density at radius 2 is 2.00 bits per heavy atom. The van der Waals surface area contributed by atoms with Crippen molar-refractivity contribution in [1.82, 2.24) is 6.15 Å².